The van der Waals surface area contributed by atoms with Crippen LogP contribution in [0, 0.1) is 6.92 Å². The van der Waals surface area contributed by atoms with E-state index in [1.807, 2.05) is 55.5 Å². The number of rotatable bonds is 5. The molecular weight excluding hydrogens is 322 g/mol. The highest BCUT2D eigenvalue weighted by Gasteiger charge is 2.09. The van der Waals surface area contributed by atoms with E-state index in [1.165, 1.54) is 5.56 Å². The van der Waals surface area contributed by atoms with Crippen molar-refractivity contribution in [2.24, 2.45) is 0 Å². The van der Waals surface area contributed by atoms with Crippen molar-refractivity contribution < 1.29 is 4.79 Å². The number of nitrogens with zero attached hydrogens (tertiary/aromatic N) is 2. The van der Waals surface area contributed by atoms with Crippen LogP contribution in [0.3, 0.4) is 0 Å². The summed E-state index contributed by atoms with van der Waals surface area (Å²) in [6, 6.07) is 17.3. The van der Waals surface area contributed by atoms with Crippen molar-refractivity contribution >= 4 is 23.3 Å². The van der Waals surface area contributed by atoms with Gasteiger partial charge in [0.1, 0.15) is 5.82 Å². The van der Waals surface area contributed by atoms with Crippen molar-refractivity contribution in [3.63, 3.8) is 0 Å². The van der Waals surface area contributed by atoms with Crippen LogP contribution in [0.5, 0.6) is 0 Å². The van der Waals surface area contributed by atoms with Gasteiger partial charge in [-0.2, -0.15) is 5.10 Å². The molecule has 0 unspecified atom stereocenters. The Balaban J connectivity index is 1.65. The number of halogens is 1. The summed E-state index contributed by atoms with van der Waals surface area (Å²) in [5.41, 5.74) is 3.24. The maximum Gasteiger partial charge on any atom is 0.229 e. The Kier molecular flexibility index (Phi) is 4.96. The fraction of sp³-hybridized carbons (Fsp3) is 0.158. The van der Waals surface area contributed by atoms with Crippen molar-refractivity contribution in [1.29, 1.82) is 0 Å². The largest absolute Gasteiger partial charge is 0.311 e. The molecule has 1 N–H and O–H groups in total. The number of aryl methyl sites for hydroxylation is 1. The number of anilines is 1. The molecule has 3 rings (SSSR count). The van der Waals surface area contributed by atoms with Crippen molar-refractivity contribution in [2.45, 2.75) is 19.9 Å². The summed E-state index contributed by atoms with van der Waals surface area (Å²) in [4.78, 5) is 12.2. The third-order valence-corrected chi connectivity index (χ3v) is 3.97. The summed E-state index contributed by atoms with van der Waals surface area (Å²) in [5.74, 6) is 0.624. The van der Waals surface area contributed by atoms with E-state index in [1.54, 1.807) is 16.9 Å². The first kappa shape index (κ1) is 16.3. The molecule has 5 heteroatoms. The molecular formula is C19H18ClN3O. The summed E-state index contributed by atoms with van der Waals surface area (Å²) >= 11 is 5.90. The smallest absolute Gasteiger partial charge is 0.229 e. The topological polar surface area (TPSA) is 46.9 Å². The quantitative estimate of drug-likeness (QED) is 0.761. The number of nitrogens with one attached hydrogen (secondary N) is 1. The van der Waals surface area contributed by atoms with Gasteiger partial charge in [-0.3, -0.25) is 4.79 Å². The molecule has 0 bridgehead atoms. The summed E-state index contributed by atoms with van der Waals surface area (Å²) in [6.07, 6.45) is 2.02. The molecule has 1 heterocycles. The van der Waals surface area contributed by atoms with Gasteiger partial charge in [0.15, 0.2) is 0 Å². The number of hydrogen-bond donors (Lipinski definition) is 1. The first-order valence-corrected chi connectivity index (χ1v) is 8.09. The molecule has 24 heavy (non-hydrogen) atoms. The molecule has 0 saturated carbocycles. The van der Waals surface area contributed by atoms with Gasteiger partial charge < -0.3 is 5.32 Å². The highest BCUT2D eigenvalue weighted by Crippen LogP contribution is 2.14. The maximum absolute atomic E-state index is 12.2. The van der Waals surface area contributed by atoms with Crippen LogP contribution >= 0.6 is 11.6 Å². The van der Waals surface area contributed by atoms with Gasteiger partial charge in [0, 0.05) is 11.1 Å². The zero-order chi connectivity index (χ0) is 16.9. The molecule has 122 valence electrons. The van der Waals surface area contributed by atoms with Crippen LogP contribution in [-0.4, -0.2) is 15.7 Å². The van der Waals surface area contributed by atoms with E-state index < -0.39 is 0 Å². The number of hydrogen-bond acceptors (Lipinski definition) is 2. The normalized spacial score (nSPS) is 10.6. The summed E-state index contributed by atoms with van der Waals surface area (Å²) in [7, 11) is 0. The van der Waals surface area contributed by atoms with Crippen LogP contribution in [0.25, 0.3) is 0 Å². The standard InChI is InChI=1S/C19H18ClN3O/c1-14-2-4-15(5-3-14)12-19(24)22-18-10-11-21-23(18)13-16-6-8-17(20)9-7-16/h2-11H,12-13H2,1H3,(H,22,24). The van der Waals surface area contributed by atoms with Crippen LogP contribution in [0.15, 0.2) is 60.8 Å². The Morgan fingerprint density at radius 1 is 1.04 bits per heavy atom. The van der Waals surface area contributed by atoms with Gasteiger partial charge in [0.05, 0.1) is 19.2 Å². The SMILES string of the molecule is Cc1ccc(CC(=O)Nc2ccnn2Cc2ccc(Cl)cc2)cc1. The van der Waals surface area contributed by atoms with Gasteiger partial charge in [-0.25, -0.2) is 4.68 Å². The van der Waals surface area contributed by atoms with Crippen LogP contribution in [0.4, 0.5) is 5.82 Å². The highest BCUT2D eigenvalue weighted by atomic mass is 35.5. The minimum atomic E-state index is -0.0586. The fourth-order valence-electron chi connectivity index (χ4n) is 2.41. The zero-order valence-corrected chi connectivity index (χ0v) is 14.1. The van der Waals surface area contributed by atoms with E-state index in [-0.39, 0.29) is 5.91 Å². The van der Waals surface area contributed by atoms with E-state index in [4.69, 9.17) is 11.6 Å². The summed E-state index contributed by atoms with van der Waals surface area (Å²) < 4.78 is 1.76. The van der Waals surface area contributed by atoms with Gasteiger partial charge in [-0.1, -0.05) is 53.6 Å². The Morgan fingerprint density at radius 3 is 2.42 bits per heavy atom. The summed E-state index contributed by atoms with van der Waals surface area (Å²) in [5, 5.41) is 7.90. The Bertz CT molecular complexity index is 823. The maximum atomic E-state index is 12.2. The van der Waals surface area contributed by atoms with Crippen molar-refractivity contribution in [2.75, 3.05) is 5.32 Å². The first-order chi connectivity index (χ1) is 11.6. The average Bonchev–Trinajstić information content (AvgIpc) is 2.98. The molecule has 1 amide bonds. The third kappa shape index (κ3) is 4.24. The molecule has 4 nitrogen and oxygen atoms in total. The fourth-order valence-corrected chi connectivity index (χ4v) is 2.53. The third-order valence-electron chi connectivity index (χ3n) is 3.71. The lowest BCUT2D eigenvalue weighted by Gasteiger charge is -2.09. The average molecular weight is 340 g/mol. The summed E-state index contributed by atoms with van der Waals surface area (Å²) in [6.45, 7) is 2.60. The van der Waals surface area contributed by atoms with Crippen LogP contribution in [0.1, 0.15) is 16.7 Å². The van der Waals surface area contributed by atoms with E-state index in [9.17, 15) is 4.79 Å². The Labute approximate surface area is 146 Å². The second-order valence-corrected chi connectivity index (χ2v) is 6.15. The van der Waals surface area contributed by atoms with E-state index in [0.717, 1.165) is 11.1 Å². The second-order valence-electron chi connectivity index (χ2n) is 5.71. The van der Waals surface area contributed by atoms with Crippen LogP contribution in [0.2, 0.25) is 5.02 Å². The molecule has 3 aromatic rings. The number of carbonyl (C=O) groups excluding carboxylic acids is 1. The minimum Gasteiger partial charge on any atom is -0.311 e. The molecule has 0 aliphatic carbocycles. The van der Waals surface area contributed by atoms with Gasteiger partial charge in [-0.05, 0) is 30.2 Å². The van der Waals surface area contributed by atoms with Crippen LogP contribution in [-0.2, 0) is 17.8 Å². The highest BCUT2D eigenvalue weighted by molar-refractivity contribution is 6.30. The van der Waals surface area contributed by atoms with Gasteiger partial charge in [0.2, 0.25) is 5.91 Å². The number of aromatic nitrogens is 2. The molecule has 0 aliphatic rings. The van der Waals surface area contributed by atoms with Gasteiger partial charge in [0.25, 0.3) is 0 Å². The van der Waals surface area contributed by atoms with Gasteiger partial charge >= 0.3 is 0 Å². The molecule has 0 aliphatic heterocycles. The number of carbonyl (C=O) groups is 1. The molecule has 1 aromatic heterocycles. The lowest BCUT2D eigenvalue weighted by molar-refractivity contribution is -0.115. The van der Waals surface area contributed by atoms with Crippen molar-refractivity contribution in [3.8, 4) is 0 Å². The van der Waals surface area contributed by atoms with Crippen LogP contribution < -0.4 is 5.32 Å². The lowest BCUT2D eigenvalue weighted by atomic mass is 10.1. The number of amides is 1. The molecule has 0 saturated heterocycles. The van der Waals surface area contributed by atoms with Gasteiger partial charge in [-0.15, -0.1) is 0 Å². The molecule has 0 spiro atoms. The monoisotopic (exact) mass is 339 g/mol. The minimum absolute atomic E-state index is 0.0586. The zero-order valence-electron chi connectivity index (χ0n) is 13.4. The van der Waals surface area contributed by atoms with Crippen molar-refractivity contribution in [3.05, 3.63) is 82.5 Å². The number of benzene rings is 2. The molecule has 2 aromatic carbocycles. The van der Waals surface area contributed by atoms with E-state index in [2.05, 4.69) is 10.4 Å². The van der Waals surface area contributed by atoms with Crippen molar-refractivity contribution in [1.82, 2.24) is 9.78 Å². The Morgan fingerprint density at radius 2 is 1.71 bits per heavy atom. The predicted molar refractivity (Wildman–Crippen MR) is 96.3 cm³/mol. The molecule has 0 radical (unpaired) electrons. The lowest BCUT2D eigenvalue weighted by Crippen LogP contribution is -2.18. The predicted octanol–water partition coefficient (Wildman–Crippen LogP) is 4.07. The molecule has 0 fully saturated rings. The first-order valence-electron chi connectivity index (χ1n) is 7.72. The Hall–Kier alpha value is -2.59. The van der Waals surface area contributed by atoms with E-state index in [0.29, 0.717) is 23.8 Å². The molecule has 0 atom stereocenters. The van der Waals surface area contributed by atoms with E-state index >= 15 is 0 Å². The second kappa shape index (κ2) is 7.32.